The fraction of sp³-hybridized carbons (Fsp3) is 0.208. The number of thioether (sulfide) groups is 1. The van der Waals surface area contributed by atoms with Crippen LogP contribution in [0.1, 0.15) is 18.1 Å². The minimum absolute atomic E-state index is 0.216. The zero-order valence-corrected chi connectivity index (χ0v) is 19.8. The van der Waals surface area contributed by atoms with Gasteiger partial charge in [-0.3, -0.25) is 19.3 Å². The Morgan fingerprint density at radius 1 is 1.18 bits per heavy atom. The van der Waals surface area contributed by atoms with E-state index >= 15 is 0 Å². The van der Waals surface area contributed by atoms with E-state index < -0.39 is 23.6 Å². The van der Waals surface area contributed by atoms with Crippen molar-refractivity contribution >= 4 is 52.2 Å². The van der Waals surface area contributed by atoms with Crippen LogP contribution in [0.15, 0.2) is 54.0 Å². The topological polar surface area (TPSA) is 84.9 Å². The van der Waals surface area contributed by atoms with Crippen LogP contribution in [0.5, 0.6) is 11.5 Å². The van der Waals surface area contributed by atoms with Gasteiger partial charge in [-0.15, -0.1) is 0 Å². The molecule has 0 aromatic heterocycles. The summed E-state index contributed by atoms with van der Waals surface area (Å²) in [6.07, 6.45) is 3.21. The zero-order valence-electron chi connectivity index (χ0n) is 18.2. The Hall–Kier alpha value is -3.23. The summed E-state index contributed by atoms with van der Waals surface area (Å²) in [6.45, 7) is 7.69. The first-order valence-corrected chi connectivity index (χ1v) is 11.3. The number of halogens is 1. The third-order valence-corrected chi connectivity index (χ3v) is 5.87. The number of aryl methyl sites for hydroxylation is 1. The van der Waals surface area contributed by atoms with E-state index in [2.05, 4.69) is 11.9 Å². The smallest absolute Gasteiger partial charge is 0.294 e. The highest BCUT2D eigenvalue weighted by atomic mass is 35.5. The van der Waals surface area contributed by atoms with Crippen molar-refractivity contribution in [2.75, 3.05) is 25.1 Å². The van der Waals surface area contributed by atoms with Gasteiger partial charge in [0.2, 0.25) is 5.91 Å². The van der Waals surface area contributed by atoms with Crippen molar-refractivity contribution in [2.45, 2.75) is 13.8 Å². The summed E-state index contributed by atoms with van der Waals surface area (Å²) >= 11 is 6.85. The number of nitrogens with zero attached hydrogens (tertiary/aromatic N) is 1. The molecule has 1 saturated heterocycles. The lowest BCUT2D eigenvalue weighted by atomic mass is 10.2. The average Bonchev–Trinajstić information content (AvgIpc) is 3.03. The average molecular weight is 487 g/mol. The molecule has 0 radical (unpaired) electrons. The number of anilines is 1. The quantitative estimate of drug-likeness (QED) is 0.383. The number of imide groups is 1. The maximum absolute atomic E-state index is 12.8. The third-order valence-electron chi connectivity index (χ3n) is 4.55. The minimum atomic E-state index is -0.535. The molecule has 3 rings (SSSR count). The van der Waals surface area contributed by atoms with Gasteiger partial charge in [-0.25, -0.2) is 0 Å². The van der Waals surface area contributed by atoms with Gasteiger partial charge < -0.3 is 14.8 Å². The molecule has 1 N–H and O–H groups in total. The van der Waals surface area contributed by atoms with Crippen LogP contribution in [-0.4, -0.2) is 41.7 Å². The Labute approximate surface area is 201 Å². The molecule has 7 nitrogen and oxygen atoms in total. The fourth-order valence-electron chi connectivity index (χ4n) is 2.95. The van der Waals surface area contributed by atoms with Gasteiger partial charge >= 0.3 is 0 Å². The number of ether oxygens (including phenoxy) is 2. The molecule has 0 saturated carbocycles. The van der Waals surface area contributed by atoms with E-state index in [1.165, 1.54) is 0 Å². The van der Waals surface area contributed by atoms with Gasteiger partial charge in [0.15, 0.2) is 11.5 Å². The van der Waals surface area contributed by atoms with Gasteiger partial charge in [0.1, 0.15) is 13.2 Å². The number of nitrogens with one attached hydrogen (secondary N) is 1. The molecule has 33 heavy (non-hydrogen) atoms. The highest BCUT2D eigenvalue weighted by Gasteiger charge is 2.36. The van der Waals surface area contributed by atoms with Gasteiger partial charge in [-0.2, -0.15) is 0 Å². The van der Waals surface area contributed by atoms with E-state index in [0.29, 0.717) is 41.0 Å². The van der Waals surface area contributed by atoms with Crippen molar-refractivity contribution in [3.63, 3.8) is 0 Å². The van der Waals surface area contributed by atoms with Crippen molar-refractivity contribution < 1.29 is 23.9 Å². The highest BCUT2D eigenvalue weighted by Crippen LogP contribution is 2.34. The second-order valence-corrected chi connectivity index (χ2v) is 8.42. The van der Waals surface area contributed by atoms with Crippen LogP contribution in [0.2, 0.25) is 5.02 Å². The Morgan fingerprint density at radius 2 is 1.97 bits per heavy atom. The van der Waals surface area contributed by atoms with Gasteiger partial charge in [0, 0.05) is 10.7 Å². The van der Waals surface area contributed by atoms with Crippen molar-refractivity contribution in [3.05, 3.63) is 70.1 Å². The Kier molecular flexibility index (Phi) is 8.19. The molecule has 0 unspecified atom stereocenters. The molecule has 2 aromatic carbocycles. The van der Waals surface area contributed by atoms with Crippen LogP contribution in [0.4, 0.5) is 10.5 Å². The summed E-state index contributed by atoms with van der Waals surface area (Å²) in [7, 11) is 0. The molecular formula is C24H23ClN2O5S. The van der Waals surface area contributed by atoms with E-state index in [1.54, 1.807) is 48.6 Å². The maximum atomic E-state index is 12.8. The predicted molar refractivity (Wildman–Crippen MR) is 131 cm³/mol. The summed E-state index contributed by atoms with van der Waals surface area (Å²) in [5.41, 5.74) is 2.02. The highest BCUT2D eigenvalue weighted by molar-refractivity contribution is 8.18. The van der Waals surface area contributed by atoms with Crippen LogP contribution in [-0.2, 0) is 9.59 Å². The van der Waals surface area contributed by atoms with Gasteiger partial charge in [0.25, 0.3) is 11.1 Å². The van der Waals surface area contributed by atoms with Crippen LogP contribution in [0, 0.1) is 6.92 Å². The summed E-state index contributed by atoms with van der Waals surface area (Å²) in [4.78, 5) is 38.7. The van der Waals surface area contributed by atoms with Crippen molar-refractivity contribution in [3.8, 4) is 11.5 Å². The first kappa shape index (κ1) is 24.4. The van der Waals surface area contributed by atoms with Gasteiger partial charge in [0.05, 0.1) is 11.5 Å². The SMILES string of the molecule is C=CCOc1ccc(/C=C2/SC(=O)N(CC(=O)Nc3ccc(C)c(Cl)c3)C2=O)cc1OCC. The molecule has 1 aliphatic heterocycles. The number of rotatable bonds is 9. The van der Waals surface area contributed by atoms with Gasteiger partial charge in [-0.1, -0.05) is 36.4 Å². The number of hydrogen-bond acceptors (Lipinski definition) is 6. The number of amides is 3. The molecular weight excluding hydrogens is 464 g/mol. The largest absolute Gasteiger partial charge is 0.490 e. The second-order valence-electron chi connectivity index (χ2n) is 7.02. The normalized spacial score (nSPS) is 14.5. The number of benzene rings is 2. The first-order valence-electron chi connectivity index (χ1n) is 10.1. The first-order chi connectivity index (χ1) is 15.8. The summed E-state index contributed by atoms with van der Waals surface area (Å²) in [5, 5.41) is 2.65. The van der Waals surface area contributed by atoms with Crippen molar-refractivity contribution in [2.24, 2.45) is 0 Å². The molecule has 0 atom stereocenters. The van der Waals surface area contributed by atoms with Crippen molar-refractivity contribution in [1.29, 1.82) is 0 Å². The molecule has 0 bridgehead atoms. The second kappa shape index (κ2) is 11.1. The number of carbonyl (C=O) groups is 3. The monoisotopic (exact) mass is 486 g/mol. The maximum Gasteiger partial charge on any atom is 0.294 e. The molecule has 1 aliphatic rings. The standard InChI is InChI=1S/C24H23ClN2O5S/c1-4-10-32-19-9-7-16(11-20(19)31-5-2)12-21-23(29)27(24(30)33-21)14-22(28)26-17-8-6-15(3)18(25)13-17/h4,6-9,11-13H,1,5,10,14H2,2-3H3,(H,26,28)/b21-12+. The lowest BCUT2D eigenvalue weighted by Gasteiger charge is -2.13. The molecule has 0 spiro atoms. The number of hydrogen-bond donors (Lipinski definition) is 1. The molecule has 9 heteroatoms. The van der Waals surface area contributed by atoms with E-state index in [1.807, 2.05) is 13.8 Å². The lowest BCUT2D eigenvalue weighted by Crippen LogP contribution is -2.36. The van der Waals surface area contributed by atoms with Crippen LogP contribution in [0.25, 0.3) is 6.08 Å². The minimum Gasteiger partial charge on any atom is -0.490 e. The Bertz CT molecular complexity index is 1130. The lowest BCUT2D eigenvalue weighted by molar-refractivity contribution is -0.127. The van der Waals surface area contributed by atoms with E-state index in [0.717, 1.165) is 22.2 Å². The number of carbonyl (C=O) groups excluding carboxylic acids is 3. The van der Waals surface area contributed by atoms with E-state index in [9.17, 15) is 14.4 Å². The molecule has 2 aromatic rings. The molecule has 1 fully saturated rings. The van der Waals surface area contributed by atoms with Crippen LogP contribution < -0.4 is 14.8 Å². The molecule has 0 aliphatic carbocycles. The van der Waals surface area contributed by atoms with E-state index in [-0.39, 0.29) is 4.91 Å². The van der Waals surface area contributed by atoms with Gasteiger partial charge in [-0.05, 0) is 67.1 Å². The third kappa shape index (κ3) is 6.18. The molecule has 3 amide bonds. The van der Waals surface area contributed by atoms with Crippen LogP contribution >= 0.6 is 23.4 Å². The fourth-order valence-corrected chi connectivity index (χ4v) is 3.97. The summed E-state index contributed by atoms with van der Waals surface area (Å²) in [6, 6.07) is 10.3. The molecule has 172 valence electrons. The van der Waals surface area contributed by atoms with E-state index in [4.69, 9.17) is 21.1 Å². The Balaban J connectivity index is 1.72. The Morgan fingerprint density at radius 3 is 2.67 bits per heavy atom. The zero-order chi connectivity index (χ0) is 24.0. The predicted octanol–water partition coefficient (Wildman–Crippen LogP) is 5.29. The molecule has 1 heterocycles. The van der Waals surface area contributed by atoms with Crippen molar-refractivity contribution in [1.82, 2.24) is 4.90 Å². The summed E-state index contributed by atoms with van der Waals surface area (Å²) < 4.78 is 11.2. The van der Waals surface area contributed by atoms with Crippen LogP contribution in [0.3, 0.4) is 0 Å². The summed E-state index contributed by atoms with van der Waals surface area (Å²) in [5.74, 6) is 0.0335.